The molecule has 2 aromatic carbocycles. The maximum Gasteiger partial charge on any atom is 0.238 e. The number of sulfonamides is 1. The molecule has 9 heteroatoms. The molecule has 28 heavy (non-hydrogen) atoms. The first-order valence-electron chi connectivity index (χ1n) is 8.57. The second kappa shape index (κ2) is 8.42. The van der Waals surface area contributed by atoms with Crippen molar-refractivity contribution in [2.75, 3.05) is 13.3 Å². The number of amides is 1. The van der Waals surface area contributed by atoms with Crippen LogP contribution in [0.15, 0.2) is 58.3 Å². The van der Waals surface area contributed by atoms with Gasteiger partial charge in [0.05, 0.1) is 15.8 Å². The fraction of sp³-hybridized carbons (Fsp3) is 0.316. The van der Waals surface area contributed by atoms with Crippen molar-refractivity contribution in [1.29, 1.82) is 0 Å². The zero-order chi connectivity index (χ0) is 21.1. The molecule has 152 valence electrons. The van der Waals surface area contributed by atoms with Crippen LogP contribution in [0.3, 0.4) is 0 Å². The monoisotopic (exact) mass is 424 g/mol. The maximum absolute atomic E-state index is 12.5. The summed E-state index contributed by atoms with van der Waals surface area (Å²) in [5.74, 6) is -0.0739. The number of carbonyl (C=O) groups excluding carboxylic acids is 1. The van der Waals surface area contributed by atoms with Gasteiger partial charge in [-0.15, -0.1) is 0 Å². The number of sulfone groups is 1. The predicted molar refractivity (Wildman–Crippen MR) is 107 cm³/mol. The number of benzene rings is 2. The zero-order valence-electron chi connectivity index (χ0n) is 16.0. The number of carbonyl (C=O) groups is 1. The van der Waals surface area contributed by atoms with Crippen molar-refractivity contribution in [3.63, 3.8) is 0 Å². The van der Waals surface area contributed by atoms with Crippen LogP contribution in [0.4, 0.5) is 0 Å². The SMILES string of the molecule is C[C@H](c1ccc(S(C)(=O)=O)cc1)N(C)C(=O)CCc1ccc(S(N)(=O)=O)cc1. The van der Waals surface area contributed by atoms with Gasteiger partial charge in [0.1, 0.15) is 0 Å². The molecular formula is C19H24N2O5S2. The van der Waals surface area contributed by atoms with Crippen molar-refractivity contribution in [2.24, 2.45) is 5.14 Å². The molecule has 0 heterocycles. The van der Waals surface area contributed by atoms with E-state index in [2.05, 4.69) is 0 Å². The summed E-state index contributed by atoms with van der Waals surface area (Å²) < 4.78 is 45.6. The minimum atomic E-state index is -3.73. The van der Waals surface area contributed by atoms with E-state index in [9.17, 15) is 21.6 Å². The van der Waals surface area contributed by atoms with Gasteiger partial charge in [-0.2, -0.15) is 0 Å². The molecule has 0 aliphatic rings. The van der Waals surface area contributed by atoms with E-state index in [1.165, 1.54) is 24.3 Å². The van der Waals surface area contributed by atoms with E-state index in [4.69, 9.17) is 5.14 Å². The van der Waals surface area contributed by atoms with Crippen molar-refractivity contribution in [2.45, 2.75) is 35.6 Å². The van der Waals surface area contributed by atoms with Crippen LogP contribution in [-0.4, -0.2) is 40.9 Å². The van der Waals surface area contributed by atoms with E-state index in [1.54, 1.807) is 36.2 Å². The van der Waals surface area contributed by atoms with Gasteiger partial charge in [-0.3, -0.25) is 4.79 Å². The number of hydrogen-bond acceptors (Lipinski definition) is 5. The highest BCUT2D eigenvalue weighted by atomic mass is 32.2. The first kappa shape index (κ1) is 22.1. The third-order valence-corrected chi connectivity index (χ3v) is 6.70. The molecule has 0 aromatic heterocycles. The lowest BCUT2D eigenvalue weighted by atomic mass is 10.1. The van der Waals surface area contributed by atoms with Gasteiger partial charge in [0.15, 0.2) is 9.84 Å². The van der Waals surface area contributed by atoms with Crippen LogP contribution in [-0.2, 0) is 31.1 Å². The van der Waals surface area contributed by atoms with Gasteiger partial charge >= 0.3 is 0 Å². The van der Waals surface area contributed by atoms with E-state index in [1.807, 2.05) is 6.92 Å². The molecule has 2 N–H and O–H groups in total. The molecule has 0 fully saturated rings. The average molecular weight is 425 g/mol. The molecule has 0 saturated heterocycles. The summed E-state index contributed by atoms with van der Waals surface area (Å²) in [6, 6.07) is 12.4. The highest BCUT2D eigenvalue weighted by molar-refractivity contribution is 7.90. The smallest absolute Gasteiger partial charge is 0.238 e. The standard InChI is InChI=1S/C19H24N2O5S2/c1-14(16-7-11-17(12-8-16)27(3,23)24)21(2)19(22)13-6-15-4-9-18(10-5-15)28(20,25)26/h4-5,7-12,14H,6,13H2,1-3H3,(H2,20,25,26)/t14-/m1/s1. The van der Waals surface area contributed by atoms with Gasteiger partial charge in [0.25, 0.3) is 0 Å². The van der Waals surface area contributed by atoms with Crippen LogP contribution in [0.5, 0.6) is 0 Å². The molecule has 7 nitrogen and oxygen atoms in total. The Morgan fingerprint density at radius 1 is 0.964 bits per heavy atom. The van der Waals surface area contributed by atoms with E-state index >= 15 is 0 Å². The van der Waals surface area contributed by atoms with Gasteiger partial charge in [-0.05, 0) is 48.7 Å². The van der Waals surface area contributed by atoms with Crippen LogP contribution in [0.2, 0.25) is 0 Å². The summed E-state index contributed by atoms with van der Waals surface area (Å²) in [6.07, 6.45) is 1.88. The van der Waals surface area contributed by atoms with E-state index in [-0.39, 0.29) is 28.2 Å². The summed E-state index contributed by atoms with van der Waals surface area (Å²) >= 11 is 0. The summed E-state index contributed by atoms with van der Waals surface area (Å²) in [7, 11) is -5.29. The summed E-state index contributed by atoms with van der Waals surface area (Å²) in [6.45, 7) is 1.87. The second-order valence-corrected chi connectivity index (χ2v) is 10.3. The Morgan fingerprint density at radius 2 is 1.46 bits per heavy atom. The number of nitrogens with zero attached hydrogens (tertiary/aromatic N) is 1. The molecule has 0 aliphatic carbocycles. The van der Waals surface area contributed by atoms with Crippen molar-refractivity contribution >= 4 is 25.8 Å². The van der Waals surface area contributed by atoms with E-state index < -0.39 is 19.9 Å². The normalized spacial score (nSPS) is 13.1. The molecular weight excluding hydrogens is 400 g/mol. The van der Waals surface area contributed by atoms with Crippen molar-refractivity contribution in [3.8, 4) is 0 Å². The molecule has 0 unspecified atom stereocenters. The highest BCUT2D eigenvalue weighted by Gasteiger charge is 2.18. The van der Waals surface area contributed by atoms with Crippen LogP contribution >= 0.6 is 0 Å². The number of aryl methyl sites for hydroxylation is 1. The minimum absolute atomic E-state index is 0.0332. The second-order valence-electron chi connectivity index (χ2n) is 6.71. The third-order valence-electron chi connectivity index (χ3n) is 4.64. The fourth-order valence-electron chi connectivity index (χ4n) is 2.71. The van der Waals surface area contributed by atoms with Crippen LogP contribution in [0.1, 0.15) is 30.5 Å². The first-order chi connectivity index (χ1) is 12.9. The van der Waals surface area contributed by atoms with Gasteiger partial charge < -0.3 is 4.90 Å². The van der Waals surface area contributed by atoms with Crippen LogP contribution < -0.4 is 5.14 Å². The lowest BCUT2D eigenvalue weighted by molar-refractivity contribution is -0.131. The zero-order valence-corrected chi connectivity index (χ0v) is 17.6. The lowest BCUT2D eigenvalue weighted by Gasteiger charge is -2.25. The molecule has 2 rings (SSSR count). The predicted octanol–water partition coefficient (Wildman–Crippen LogP) is 1.89. The number of nitrogens with two attached hydrogens (primary N) is 1. The Morgan fingerprint density at radius 3 is 1.93 bits per heavy atom. The van der Waals surface area contributed by atoms with E-state index in [0.717, 1.165) is 17.4 Å². The molecule has 0 spiro atoms. The van der Waals surface area contributed by atoms with Gasteiger partial charge in [-0.1, -0.05) is 24.3 Å². The molecule has 0 saturated carbocycles. The third kappa shape index (κ3) is 5.63. The average Bonchev–Trinajstić information content (AvgIpc) is 2.64. The molecule has 0 aliphatic heterocycles. The Labute approximate surface area is 166 Å². The molecule has 2 aromatic rings. The van der Waals surface area contributed by atoms with Gasteiger partial charge in [-0.25, -0.2) is 22.0 Å². The molecule has 1 amide bonds. The van der Waals surface area contributed by atoms with Gasteiger partial charge in [0, 0.05) is 19.7 Å². The van der Waals surface area contributed by atoms with E-state index in [0.29, 0.717) is 6.42 Å². The van der Waals surface area contributed by atoms with Crippen LogP contribution in [0, 0.1) is 0 Å². The van der Waals surface area contributed by atoms with Crippen molar-refractivity contribution < 1.29 is 21.6 Å². The topological polar surface area (TPSA) is 115 Å². The largest absolute Gasteiger partial charge is 0.339 e. The number of hydrogen-bond donors (Lipinski definition) is 1. The van der Waals surface area contributed by atoms with Gasteiger partial charge in [0.2, 0.25) is 15.9 Å². The molecule has 0 bridgehead atoms. The molecule has 1 atom stereocenters. The van der Waals surface area contributed by atoms with Crippen LogP contribution in [0.25, 0.3) is 0 Å². The van der Waals surface area contributed by atoms with Crippen molar-refractivity contribution in [3.05, 3.63) is 59.7 Å². The Balaban J connectivity index is 2.00. The first-order valence-corrected chi connectivity index (χ1v) is 12.0. The summed E-state index contributed by atoms with van der Waals surface area (Å²) in [5, 5.41) is 5.07. The Bertz CT molecular complexity index is 1040. The highest BCUT2D eigenvalue weighted by Crippen LogP contribution is 2.22. The summed E-state index contributed by atoms with van der Waals surface area (Å²) in [4.78, 5) is 14.4. The summed E-state index contributed by atoms with van der Waals surface area (Å²) in [5.41, 5.74) is 1.67. The number of primary sulfonamides is 1. The minimum Gasteiger partial charge on any atom is -0.339 e. The lowest BCUT2D eigenvalue weighted by Crippen LogP contribution is -2.29. The van der Waals surface area contributed by atoms with Crippen molar-refractivity contribution in [1.82, 2.24) is 4.90 Å². The fourth-order valence-corrected chi connectivity index (χ4v) is 3.85. The quantitative estimate of drug-likeness (QED) is 0.729. The molecule has 0 radical (unpaired) electrons. The Kier molecular flexibility index (Phi) is 6.63. The number of rotatable bonds is 7. The Hall–Kier alpha value is -2.23. The maximum atomic E-state index is 12.5.